The van der Waals surface area contributed by atoms with E-state index in [4.69, 9.17) is 4.74 Å². The molecule has 3 rings (SSSR count). The molecule has 1 aliphatic heterocycles. The maximum Gasteiger partial charge on any atom is 0.433 e. The number of aromatic nitrogens is 4. The van der Waals surface area contributed by atoms with Crippen LogP contribution in [0.5, 0.6) is 0 Å². The summed E-state index contributed by atoms with van der Waals surface area (Å²) in [7, 11) is 1.89. The molecule has 24 heavy (non-hydrogen) atoms. The first kappa shape index (κ1) is 16.7. The molecule has 0 aliphatic carbocycles. The van der Waals surface area contributed by atoms with E-state index in [-0.39, 0.29) is 18.0 Å². The summed E-state index contributed by atoms with van der Waals surface area (Å²) in [6, 6.07) is 0.853. The van der Waals surface area contributed by atoms with Gasteiger partial charge in [0.2, 0.25) is 5.95 Å². The largest absolute Gasteiger partial charge is 0.433 e. The van der Waals surface area contributed by atoms with Crippen molar-refractivity contribution < 1.29 is 17.9 Å². The van der Waals surface area contributed by atoms with E-state index in [9.17, 15) is 13.2 Å². The molecule has 130 valence electrons. The van der Waals surface area contributed by atoms with E-state index in [1.807, 2.05) is 17.8 Å². The zero-order valence-corrected chi connectivity index (χ0v) is 13.1. The highest BCUT2D eigenvalue weighted by Gasteiger charge is 2.33. The molecule has 0 radical (unpaired) electrons. The molecule has 1 aliphatic rings. The van der Waals surface area contributed by atoms with Crippen LogP contribution in [-0.2, 0) is 18.0 Å². The van der Waals surface area contributed by atoms with Crippen molar-refractivity contribution in [2.24, 2.45) is 13.0 Å². The highest BCUT2D eigenvalue weighted by molar-refractivity contribution is 5.26. The molecule has 2 atom stereocenters. The molecule has 6 nitrogen and oxygen atoms in total. The van der Waals surface area contributed by atoms with E-state index in [2.05, 4.69) is 20.3 Å². The summed E-state index contributed by atoms with van der Waals surface area (Å²) in [5.41, 5.74) is -0.958. The minimum atomic E-state index is -4.48. The maximum atomic E-state index is 12.7. The Balaban J connectivity index is 1.70. The molecule has 3 heterocycles. The summed E-state index contributed by atoms with van der Waals surface area (Å²) in [4.78, 5) is 11.7. The summed E-state index contributed by atoms with van der Waals surface area (Å²) < 4.78 is 45.8. The molecule has 0 saturated carbocycles. The molecule has 0 bridgehead atoms. The monoisotopic (exact) mass is 341 g/mol. The highest BCUT2D eigenvalue weighted by atomic mass is 19.4. The third kappa shape index (κ3) is 3.66. The lowest BCUT2D eigenvalue weighted by atomic mass is 9.93. The van der Waals surface area contributed by atoms with Crippen molar-refractivity contribution in [2.75, 3.05) is 18.5 Å². The van der Waals surface area contributed by atoms with Crippen molar-refractivity contribution in [2.45, 2.75) is 25.1 Å². The topological polar surface area (TPSA) is 64.9 Å². The zero-order valence-electron chi connectivity index (χ0n) is 13.1. The Kier molecular flexibility index (Phi) is 4.70. The van der Waals surface area contributed by atoms with Gasteiger partial charge in [0.1, 0.15) is 17.6 Å². The predicted molar refractivity (Wildman–Crippen MR) is 80.1 cm³/mol. The second kappa shape index (κ2) is 6.76. The van der Waals surface area contributed by atoms with Gasteiger partial charge in [-0.15, -0.1) is 0 Å². The summed E-state index contributed by atoms with van der Waals surface area (Å²) in [5.74, 6) is 0.860. The fraction of sp³-hybridized carbons (Fsp3) is 0.533. The average molecular weight is 341 g/mol. The van der Waals surface area contributed by atoms with Gasteiger partial charge in [-0.1, -0.05) is 0 Å². The molecular weight excluding hydrogens is 323 g/mol. The van der Waals surface area contributed by atoms with E-state index >= 15 is 0 Å². The maximum absolute atomic E-state index is 12.7. The van der Waals surface area contributed by atoms with Gasteiger partial charge in [0.25, 0.3) is 0 Å². The van der Waals surface area contributed by atoms with Crippen LogP contribution in [0, 0.1) is 5.92 Å². The number of hydrogen-bond donors (Lipinski definition) is 1. The van der Waals surface area contributed by atoms with Crippen LogP contribution >= 0.6 is 0 Å². The van der Waals surface area contributed by atoms with E-state index in [0.29, 0.717) is 13.2 Å². The Bertz CT molecular complexity index is 688. The first-order chi connectivity index (χ1) is 11.4. The van der Waals surface area contributed by atoms with Gasteiger partial charge in [0.05, 0.1) is 0 Å². The van der Waals surface area contributed by atoms with Crippen molar-refractivity contribution in [1.82, 2.24) is 19.5 Å². The highest BCUT2D eigenvalue weighted by Crippen LogP contribution is 2.33. The standard InChI is InChI=1S/C15H18F3N5O/c1-23-7-6-19-13(23)12-10(3-2-8-24-12)9-21-14-20-5-4-11(22-14)15(16,17)18/h4-7,10,12H,2-3,8-9H2,1H3,(H,20,21,22)/t10-,12+/m0/s1. The second-order valence-corrected chi connectivity index (χ2v) is 5.73. The van der Waals surface area contributed by atoms with Crippen LogP contribution in [0.3, 0.4) is 0 Å². The lowest BCUT2D eigenvalue weighted by Gasteiger charge is -2.31. The second-order valence-electron chi connectivity index (χ2n) is 5.73. The molecule has 9 heteroatoms. The van der Waals surface area contributed by atoms with Crippen LogP contribution < -0.4 is 5.32 Å². The molecular formula is C15H18F3N5O. The first-order valence-electron chi connectivity index (χ1n) is 7.68. The molecule has 0 aromatic carbocycles. The van der Waals surface area contributed by atoms with E-state index in [0.717, 1.165) is 30.9 Å². The van der Waals surface area contributed by atoms with Crippen molar-refractivity contribution in [3.8, 4) is 0 Å². The van der Waals surface area contributed by atoms with Crippen LogP contribution in [0.1, 0.15) is 30.5 Å². The number of nitrogens with one attached hydrogen (secondary N) is 1. The van der Waals surface area contributed by atoms with Crippen LogP contribution in [0.25, 0.3) is 0 Å². The van der Waals surface area contributed by atoms with Crippen molar-refractivity contribution in [1.29, 1.82) is 0 Å². The SMILES string of the molecule is Cn1ccnc1[C@@H]1OCCC[C@H]1CNc1nccc(C(F)(F)F)n1. The number of halogens is 3. The number of anilines is 1. The van der Waals surface area contributed by atoms with Crippen molar-refractivity contribution in [3.63, 3.8) is 0 Å². The Morgan fingerprint density at radius 2 is 2.17 bits per heavy atom. The molecule has 0 spiro atoms. The van der Waals surface area contributed by atoms with Gasteiger partial charge in [-0.05, 0) is 18.9 Å². The van der Waals surface area contributed by atoms with Crippen LogP contribution in [0.15, 0.2) is 24.7 Å². The summed E-state index contributed by atoms with van der Waals surface area (Å²) in [5, 5.41) is 2.90. The number of hydrogen-bond acceptors (Lipinski definition) is 5. The molecule has 1 N–H and O–H groups in total. The number of aryl methyl sites for hydroxylation is 1. The summed E-state index contributed by atoms with van der Waals surface area (Å²) >= 11 is 0. The normalized spacial score (nSPS) is 21.7. The zero-order chi connectivity index (χ0) is 17.2. The van der Waals surface area contributed by atoms with Gasteiger partial charge in [0.15, 0.2) is 0 Å². The van der Waals surface area contributed by atoms with E-state index in [1.54, 1.807) is 6.20 Å². The Labute approximate surface area is 137 Å². The molecule has 1 saturated heterocycles. The Morgan fingerprint density at radius 1 is 1.33 bits per heavy atom. The van der Waals surface area contributed by atoms with Crippen LogP contribution in [0.2, 0.25) is 0 Å². The number of imidazole rings is 1. The Hall–Kier alpha value is -2.16. The minimum Gasteiger partial charge on any atom is -0.370 e. The van der Waals surface area contributed by atoms with Gasteiger partial charge < -0.3 is 14.6 Å². The molecule has 0 amide bonds. The summed E-state index contributed by atoms with van der Waals surface area (Å²) in [6.45, 7) is 1.06. The Morgan fingerprint density at radius 3 is 2.88 bits per heavy atom. The van der Waals surface area contributed by atoms with Crippen molar-refractivity contribution >= 4 is 5.95 Å². The first-order valence-corrected chi connectivity index (χ1v) is 7.68. The quantitative estimate of drug-likeness (QED) is 0.926. The van der Waals surface area contributed by atoms with Gasteiger partial charge in [-0.25, -0.2) is 15.0 Å². The van der Waals surface area contributed by atoms with E-state index < -0.39 is 11.9 Å². The molecule has 2 aromatic heterocycles. The van der Waals surface area contributed by atoms with Gasteiger partial charge in [0, 0.05) is 44.7 Å². The lowest BCUT2D eigenvalue weighted by Crippen LogP contribution is -2.30. The molecule has 2 aromatic rings. The van der Waals surface area contributed by atoms with E-state index in [1.165, 1.54) is 0 Å². The smallest absolute Gasteiger partial charge is 0.370 e. The van der Waals surface area contributed by atoms with Crippen molar-refractivity contribution in [3.05, 3.63) is 36.2 Å². The van der Waals surface area contributed by atoms with Gasteiger partial charge in [-0.2, -0.15) is 13.2 Å². The fourth-order valence-electron chi connectivity index (χ4n) is 2.81. The number of nitrogens with zero attached hydrogens (tertiary/aromatic N) is 4. The molecule has 1 fully saturated rings. The third-order valence-electron chi connectivity index (χ3n) is 4.03. The van der Waals surface area contributed by atoms with Crippen LogP contribution in [-0.4, -0.2) is 32.7 Å². The fourth-order valence-corrected chi connectivity index (χ4v) is 2.81. The number of alkyl halides is 3. The number of rotatable bonds is 4. The average Bonchev–Trinajstić information content (AvgIpc) is 2.98. The van der Waals surface area contributed by atoms with Crippen LogP contribution in [0.4, 0.5) is 19.1 Å². The predicted octanol–water partition coefficient (Wildman–Crippen LogP) is 2.81. The summed E-state index contributed by atoms with van der Waals surface area (Å²) in [6.07, 6.45) is 1.76. The third-order valence-corrected chi connectivity index (χ3v) is 4.03. The minimum absolute atomic E-state index is 0.0333. The van der Waals surface area contributed by atoms with Gasteiger partial charge >= 0.3 is 6.18 Å². The molecule has 0 unspecified atom stereocenters. The van der Waals surface area contributed by atoms with Gasteiger partial charge in [-0.3, -0.25) is 0 Å². The number of ether oxygens (including phenoxy) is 1. The lowest BCUT2D eigenvalue weighted by molar-refractivity contribution is -0.141.